The Balaban J connectivity index is 1.56. The number of aromatic nitrogens is 2. The lowest BCUT2D eigenvalue weighted by Gasteiger charge is -2.39. The summed E-state index contributed by atoms with van der Waals surface area (Å²) < 4.78 is 13.2. The minimum absolute atomic E-state index is 0.0175. The molecule has 25 heavy (non-hydrogen) atoms. The predicted molar refractivity (Wildman–Crippen MR) is 94.5 cm³/mol. The molecule has 0 aliphatic carbocycles. The molecule has 2 atom stereocenters. The molecule has 0 saturated carbocycles. The number of piperidine rings is 1. The summed E-state index contributed by atoms with van der Waals surface area (Å²) in [7, 11) is 5.74. The molecule has 0 radical (unpaired) electrons. The number of likely N-dealkylation sites (N-methyl/N-ethyl adjacent to an activating group) is 1. The van der Waals surface area contributed by atoms with E-state index in [4.69, 9.17) is 9.47 Å². The van der Waals surface area contributed by atoms with Gasteiger partial charge in [-0.1, -0.05) is 0 Å². The van der Waals surface area contributed by atoms with Crippen molar-refractivity contribution >= 4 is 5.91 Å². The zero-order valence-corrected chi connectivity index (χ0v) is 15.6. The Morgan fingerprint density at radius 1 is 1.56 bits per heavy atom. The summed E-state index contributed by atoms with van der Waals surface area (Å²) in [5, 5.41) is 0. The van der Waals surface area contributed by atoms with E-state index in [9.17, 15) is 4.79 Å². The zero-order valence-electron chi connectivity index (χ0n) is 15.6. The van der Waals surface area contributed by atoms with E-state index in [1.165, 1.54) is 0 Å². The molecule has 3 rings (SSSR count). The SMILES string of the molecule is COCCN(C)C[C@H]1CO[C@@]2(CCCN(C(=O)c3cn(C)cn3)C2)C1. The van der Waals surface area contributed by atoms with Crippen LogP contribution >= 0.6 is 0 Å². The number of likely N-dealkylation sites (tertiary alicyclic amines) is 1. The van der Waals surface area contributed by atoms with E-state index in [0.29, 0.717) is 18.2 Å². The van der Waals surface area contributed by atoms with Crippen molar-refractivity contribution in [3.05, 3.63) is 18.2 Å². The number of amides is 1. The van der Waals surface area contributed by atoms with Gasteiger partial charge in [0.15, 0.2) is 0 Å². The number of nitrogens with zero attached hydrogens (tertiary/aromatic N) is 4. The molecule has 2 aliphatic rings. The van der Waals surface area contributed by atoms with Crippen LogP contribution in [0.25, 0.3) is 0 Å². The lowest BCUT2D eigenvalue weighted by atomic mass is 9.86. The first-order chi connectivity index (χ1) is 12.0. The Morgan fingerprint density at radius 3 is 3.12 bits per heavy atom. The second-order valence-corrected chi connectivity index (χ2v) is 7.57. The van der Waals surface area contributed by atoms with Crippen LogP contribution in [0.4, 0.5) is 0 Å². The van der Waals surface area contributed by atoms with Gasteiger partial charge in [-0.2, -0.15) is 0 Å². The van der Waals surface area contributed by atoms with Gasteiger partial charge in [-0.25, -0.2) is 4.98 Å². The summed E-state index contributed by atoms with van der Waals surface area (Å²) in [6.45, 7) is 4.95. The van der Waals surface area contributed by atoms with Gasteiger partial charge in [0.1, 0.15) is 5.69 Å². The molecule has 0 N–H and O–H groups in total. The Bertz CT molecular complexity index is 591. The minimum atomic E-state index is -0.171. The number of imidazole rings is 1. The first kappa shape index (κ1) is 18.4. The highest BCUT2D eigenvalue weighted by molar-refractivity contribution is 5.92. The number of carbonyl (C=O) groups is 1. The largest absolute Gasteiger partial charge is 0.383 e. The van der Waals surface area contributed by atoms with Crippen LogP contribution in [0.1, 0.15) is 29.8 Å². The highest BCUT2D eigenvalue weighted by Crippen LogP contribution is 2.38. The summed E-state index contributed by atoms with van der Waals surface area (Å²) in [5.74, 6) is 0.538. The van der Waals surface area contributed by atoms with Gasteiger partial charge in [0.2, 0.25) is 0 Å². The number of carbonyl (C=O) groups excluding carboxylic acids is 1. The van der Waals surface area contributed by atoms with Crippen LogP contribution in [0.15, 0.2) is 12.5 Å². The molecular formula is C18H30N4O3. The highest BCUT2D eigenvalue weighted by atomic mass is 16.5. The van der Waals surface area contributed by atoms with Gasteiger partial charge in [0, 0.05) is 40.0 Å². The highest BCUT2D eigenvalue weighted by Gasteiger charge is 2.44. The molecule has 140 valence electrons. The van der Waals surface area contributed by atoms with Gasteiger partial charge < -0.3 is 23.8 Å². The van der Waals surface area contributed by atoms with Gasteiger partial charge in [0.25, 0.3) is 5.91 Å². The zero-order chi connectivity index (χ0) is 17.9. The molecule has 2 aliphatic heterocycles. The van der Waals surface area contributed by atoms with Crippen LogP contribution in [0.3, 0.4) is 0 Å². The molecule has 7 heteroatoms. The first-order valence-corrected chi connectivity index (χ1v) is 9.10. The van der Waals surface area contributed by atoms with E-state index >= 15 is 0 Å². The molecular weight excluding hydrogens is 320 g/mol. The lowest BCUT2D eigenvalue weighted by molar-refractivity contribution is -0.0451. The van der Waals surface area contributed by atoms with Gasteiger partial charge in [-0.05, 0) is 32.2 Å². The number of methoxy groups -OCH3 is 1. The van der Waals surface area contributed by atoms with Crippen molar-refractivity contribution in [3.63, 3.8) is 0 Å². The maximum atomic E-state index is 12.7. The summed E-state index contributed by atoms with van der Waals surface area (Å²) in [5.41, 5.74) is 0.350. The number of hydrogen-bond donors (Lipinski definition) is 0. The average Bonchev–Trinajstić information content (AvgIpc) is 3.19. The fourth-order valence-corrected chi connectivity index (χ4v) is 4.08. The van der Waals surface area contributed by atoms with Crippen molar-refractivity contribution in [2.75, 3.05) is 53.6 Å². The maximum Gasteiger partial charge on any atom is 0.274 e. The van der Waals surface area contributed by atoms with Crippen LogP contribution in [0.5, 0.6) is 0 Å². The molecule has 0 unspecified atom stereocenters. The van der Waals surface area contributed by atoms with Crippen LogP contribution in [0.2, 0.25) is 0 Å². The van der Waals surface area contributed by atoms with Crippen LogP contribution in [-0.2, 0) is 16.5 Å². The first-order valence-electron chi connectivity index (χ1n) is 9.10. The fourth-order valence-electron chi connectivity index (χ4n) is 4.08. The van der Waals surface area contributed by atoms with Crippen LogP contribution in [-0.4, -0.2) is 84.4 Å². The molecule has 7 nitrogen and oxygen atoms in total. The summed E-state index contributed by atoms with van der Waals surface area (Å²) in [6, 6.07) is 0. The summed E-state index contributed by atoms with van der Waals surface area (Å²) in [6.07, 6.45) is 6.51. The monoisotopic (exact) mass is 350 g/mol. The van der Waals surface area contributed by atoms with Crippen molar-refractivity contribution in [2.24, 2.45) is 13.0 Å². The normalized spacial score (nSPS) is 26.7. The number of rotatable bonds is 6. The minimum Gasteiger partial charge on any atom is -0.383 e. The van der Waals surface area contributed by atoms with Gasteiger partial charge in [0.05, 0.1) is 31.7 Å². The average molecular weight is 350 g/mol. The Morgan fingerprint density at radius 2 is 2.40 bits per heavy atom. The van der Waals surface area contributed by atoms with Crippen molar-refractivity contribution in [1.82, 2.24) is 19.4 Å². The lowest BCUT2D eigenvalue weighted by Crippen LogP contribution is -2.50. The second-order valence-electron chi connectivity index (χ2n) is 7.57. The molecule has 1 spiro atoms. The number of aryl methyl sites for hydroxylation is 1. The van der Waals surface area contributed by atoms with Crippen molar-refractivity contribution in [3.8, 4) is 0 Å². The topological polar surface area (TPSA) is 59.8 Å². The van der Waals surface area contributed by atoms with Crippen molar-refractivity contribution in [1.29, 1.82) is 0 Å². The van der Waals surface area contributed by atoms with E-state index in [2.05, 4.69) is 16.9 Å². The Kier molecular flexibility index (Phi) is 5.76. The Hall–Kier alpha value is -1.44. The van der Waals surface area contributed by atoms with Crippen molar-refractivity contribution < 1.29 is 14.3 Å². The molecule has 2 saturated heterocycles. The number of hydrogen-bond acceptors (Lipinski definition) is 5. The van der Waals surface area contributed by atoms with E-state index in [1.807, 2.05) is 16.5 Å². The van der Waals surface area contributed by atoms with Crippen LogP contribution < -0.4 is 0 Å². The summed E-state index contributed by atoms with van der Waals surface area (Å²) >= 11 is 0. The third-order valence-corrected chi connectivity index (χ3v) is 5.28. The van der Waals surface area contributed by atoms with Crippen molar-refractivity contribution in [2.45, 2.75) is 24.9 Å². The fraction of sp³-hybridized carbons (Fsp3) is 0.778. The molecule has 1 aromatic rings. The van der Waals surface area contributed by atoms with E-state index in [0.717, 1.165) is 52.1 Å². The maximum absolute atomic E-state index is 12.7. The quantitative estimate of drug-likeness (QED) is 0.766. The van der Waals surface area contributed by atoms with E-state index < -0.39 is 0 Å². The van der Waals surface area contributed by atoms with Gasteiger partial charge in [-0.3, -0.25) is 4.79 Å². The standard InChI is InChI=1S/C18H30N4O3/c1-20(7-8-24-3)10-15-9-18(25-12-15)5-4-6-22(13-18)17(23)16-11-21(2)14-19-16/h11,14-15H,4-10,12-13H2,1-3H3/t15-,18-/m0/s1. The molecule has 3 heterocycles. The Labute approximate surface area is 149 Å². The second kappa shape index (κ2) is 7.85. The molecule has 2 fully saturated rings. The van der Waals surface area contributed by atoms with E-state index in [1.54, 1.807) is 19.6 Å². The summed E-state index contributed by atoms with van der Waals surface area (Å²) in [4.78, 5) is 21.1. The molecule has 1 aromatic heterocycles. The third-order valence-electron chi connectivity index (χ3n) is 5.28. The predicted octanol–water partition coefficient (Wildman–Crippen LogP) is 1.01. The third kappa shape index (κ3) is 4.40. The smallest absolute Gasteiger partial charge is 0.274 e. The van der Waals surface area contributed by atoms with Crippen LogP contribution in [0, 0.1) is 5.92 Å². The van der Waals surface area contributed by atoms with Gasteiger partial charge >= 0.3 is 0 Å². The number of ether oxygens (including phenoxy) is 2. The van der Waals surface area contributed by atoms with E-state index in [-0.39, 0.29) is 11.5 Å². The van der Waals surface area contributed by atoms with Gasteiger partial charge in [-0.15, -0.1) is 0 Å². The molecule has 1 amide bonds. The molecule has 0 aromatic carbocycles. The molecule has 0 bridgehead atoms.